The van der Waals surface area contributed by atoms with Gasteiger partial charge in [-0.15, -0.1) is 29.1 Å². The molecule has 1 N–H and O–H groups in total. The van der Waals surface area contributed by atoms with E-state index in [1.807, 2.05) is 66.1 Å². The number of aliphatic hydroxyl groups is 1. The fraction of sp³-hybridized carbons (Fsp3) is 0.455. The Hall–Kier alpha value is -3.67. The van der Waals surface area contributed by atoms with Crippen LogP contribution < -0.4 is 0 Å². The number of aromatic nitrogens is 3. The number of hydrogen-bond donors (Lipinski definition) is 1. The second kappa shape index (κ2) is 17.2. The zero-order valence-electron chi connectivity index (χ0n) is 32.4. The number of allylic oxidation sites excluding steroid dienone is 2. The Bertz CT molecular complexity index is 1960. The van der Waals surface area contributed by atoms with Gasteiger partial charge in [0.15, 0.2) is 5.78 Å². The maximum atomic E-state index is 12.2. The third-order valence-electron chi connectivity index (χ3n) is 10.6. The SMILES string of the molecule is CC(C)Cc1coc2cc(-c3cc(-c4[c-]c5ccccc5c(C(C)(C)C)c4)ncn3)ncc12.CCC(C)(CC)C(=O)/C=C(\O)C(C)(CC)CC.[Ir]. The Balaban J connectivity index is 0.000000335. The zero-order chi connectivity index (χ0) is 36.9. The summed E-state index contributed by atoms with van der Waals surface area (Å²) in [7, 11) is 0. The minimum absolute atomic E-state index is 0. The van der Waals surface area contributed by atoms with E-state index >= 15 is 0 Å². The van der Waals surface area contributed by atoms with Crippen LogP contribution in [0.2, 0.25) is 0 Å². The van der Waals surface area contributed by atoms with Crippen LogP contribution in [0, 0.1) is 22.8 Å². The van der Waals surface area contributed by atoms with Crippen molar-refractivity contribution in [3.63, 3.8) is 0 Å². The Kier molecular flexibility index (Phi) is 14.1. The molecule has 5 aromatic rings. The number of benzene rings is 2. The first-order chi connectivity index (χ1) is 23.6. The van der Waals surface area contributed by atoms with E-state index in [9.17, 15) is 9.90 Å². The smallest absolute Gasteiger partial charge is 0.164 e. The van der Waals surface area contributed by atoms with E-state index in [4.69, 9.17) is 9.40 Å². The van der Waals surface area contributed by atoms with Crippen LogP contribution in [-0.2, 0) is 36.7 Å². The third-order valence-corrected chi connectivity index (χ3v) is 10.6. The number of aliphatic hydroxyl groups excluding tert-OH is 1. The first-order valence-corrected chi connectivity index (χ1v) is 18.2. The molecule has 0 saturated carbocycles. The Morgan fingerprint density at radius 3 is 2.06 bits per heavy atom. The molecule has 5 rings (SSSR count). The van der Waals surface area contributed by atoms with Gasteiger partial charge < -0.3 is 9.52 Å². The monoisotopic (exact) mass is 867 g/mol. The number of nitrogens with zero attached hydrogens (tertiary/aromatic N) is 3. The molecule has 0 aliphatic heterocycles. The van der Waals surface area contributed by atoms with Gasteiger partial charge >= 0.3 is 0 Å². The molecule has 0 amide bonds. The summed E-state index contributed by atoms with van der Waals surface area (Å²) in [6.45, 7) is 23.2. The summed E-state index contributed by atoms with van der Waals surface area (Å²) in [6, 6.07) is 18.1. The van der Waals surface area contributed by atoms with E-state index in [-0.39, 0.29) is 47.9 Å². The molecule has 0 saturated heterocycles. The second-order valence-corrected chi connectivity index (χ2v) is 15.5. The van der Waals surface area contributed by atoms with Gasteiger partial charge in [-0.2, -0.15) is 0 Å². The van der Waals surface area contributed by atoms with Crippen molar-refractivity contribution in [3.8, 4) is 22.6 Å². The van der Waals surface area contributed by atoms with E-state index in [1.54, 1.807) is 6.33 Å². The van der Waals surface area contributed by atoms with Crippen LogP contribution in [0.4, 0.5) is 0 Å². The molecule has 3 heterocycles. The van der Waals surface area contributed by atoms with Crippen LogP contribution in [0.1, 0.15) is 113 Å². The summed E-state index contributed by atoms with van der Waals surface area (Å²) in [5.74, 6) is 0.847. The quantitative estimate of drug-likeness (QED) is 0.0808. The number of fused-ring (bicyclic) bond motifs is 2. The van der Waals surface area contributed by atoms with Gasteiger partial charge in [-0.05, 0) is 49.5 Å². The van der Waals surface area contributed by atoms with Gasteiger partial charge in [0.05, 0.1) is 17.7 Å². The molecule has 6 nitrogen and oxygen atoms in total. The predicted molar refractivity (Wildman–Crippen MR) is 207 cm³/mol. The number of carbonyl (C=O) groups excluding carboxylic acids is 1. The fourth-order valence-electron chi connectivity index (χ4n) is 6.03. The largest absolute Gasteiger partial charge is 0.512 e. The molecular formula is C44H56IrN3O3-. The Morgan fingerprint density at radius 1 is 0.843 bits per heavy atom. The average Bonchev–Trinajstić information content (AvgIpc) is 3.51. The summed E-state index contributed by atoms with van der Waals surface area (Å²) in [6.07, 6.45) is 11.1. The summed E-state index contributed by atoms with van der Waals surface area (Å²) < 4.78 is 5.84. The molecule has 51 heavy (non-hydrogen) atoms. The Labute approximate surface area is 319 Å². The van der Waals surface area contributed by atoms with Crippen LogP contribution in [0.25, 0.3) is 44.4 Å². The standard InChI is InChI=1S/C29H28N3O.C15H28O2.Ir/c1-18(2)10-21-16-33-28-14-27(30-15-23(21)28)26-13-25(31-17-32-26)20-11-19-8-6-7-9-22(19)24(12-20)29(3,4)5;1-7-14(5,8-2)12(16)11-13(17)15(6,9-3)10-4;/h6-9,12-18H,10H2,1-5H3;11,16H,7-10H2,1-6H3;/q-1;;/b;12-11-;. The number of pyridine rings is 1. The third kappa shape index (κ3) is 9.61. The van der Waals surface area contributed by atoms with Gasteiger partial charge in [0.2, 0.25) is 0 Å². The van der Waals surface area contributed by atoms with Crippen molar-refractivity contribution in [1.82, 2.24) is 15.0 Å². The van der Waals surface area contributed by atoms with E-state index in [2.05, 4.69) is 81.0 Å². The molecule has 0 spiro atoms. The number of hydrogen-bond acceptors (Lipinski definition) is 6. The van der Waals surface area contributed by atoms with Crippen molar-refractivity contribution >= 4 is 27.5 Å². The molecule has 0 bridgehead atoms. The van der Waals surface area contributed by atoms with Crippen LogP contribution >= 0.6 is 0 Å². The van der Waals surface area contributed by atoms with E-state index in [0.717, 1.165) is 71.1 Å². The van der Waals surface area contributed by atoms with Crippen LogP contribution in [-0.4, -0.2) is 25.8 Å². The number of carbonyl (C=O) groups is 1. The average molecular weight is 867 g/mol. The second-order valence-electron chi connectivity index (χ2n) is 15.5. The molecule has 275 valence electrons. The number of rotatable bonds is 11. The van der Waals surface area contributed by atoms with Crippen molar-refractivity contribution in [2.24, 2.45) is 16.7 Å². The van der Waals surface area contributed by atoms with Crippen molar-refractivity contribution < 1.29 is 34.4 Å². The van der Waals surface area contributed by atoms with Gasteiger partial charge in [0.1, 0.15) is 17.7 Å². The fourth-order valence-corrected chi connectivity index (χ4v) is 6.03. The molecule has 0 aliphatic carbocycles. The molecule has 0 aliphatic rings. The summed E-state index contributed by atoms with van der Waals surface area (Å²) in [4.78, 5) is 26.0. The minimum Gasteiger partial charge on any atom is -0.512 e. The van der Waals surface area contributed by atoms with Crippen molar-refractivity contribution in [1.29, 1.82) is 0 Å². The van der Waals surface area contributed by atoms with Gasteiger partial charge in [-0.1, -0.05) is 105 Å². The van der Waals surface area contributed by atoms with Crippen LogP contribution in [0.15, 0.2) is 77.5 Å². The summed E-state index contributed by atoms with van der Waals surface area (Å²) >= 11 is 0. The van der Waals surface area contributed by atoms with E-state index in [0.29, 0.717) is 5.92 Å². The summed E-state index contributed by atoms with van der Waals surface area (Å²) in [5.41, 5.74) is 6.04. The van der Waals surface area contributed by atoms with E-state index < -0.39 is 0 Å². The molecule has 1 radical (unpaired) electrons. The molecule has 2 aromatic carbocycles. The minimum atomic E-state index is -0.337. The number of ketones is 1. The maximum Gasteiger partial charge on any atom is 0.164 e. The van der Waals surface area contributed by atoms with Crippen molar-refractivity contribution in [3.05, 3.63) is 90.3 Å². The van der Waals surface area contributed by atoms with Gasteiger partial charge in [0, 0.05) is 65.9 Å². The van der Waals surface area contributed by atoms with E-state index in [1.165, 1.54) is 22.6 Å². The maximum absolute atomic E-state index is 12.2. The molecule has 0 fully saturated rings. The predicted octanol–water partition coefficient (Wildman–Crippen LogP) is 12.0. The molecule has 0 unspecified atom stereocenters. The van der Waals surface area contributed by atoms with Crippen LogP contribution in [0.5, 0.6) is 0 Å². The van der Waals surface area contributed by atoms with Crippen LogP contribution in [0.3, 0.4) is 0 Å². The molecule has 7 heteroatoms. The zero-order valence-corrected chi connectivity index (χ0v) is 34.8. The molecular weight excluding hydrogens is 811 g/mol. The molecule has 0 atom stereocenters. The van der Waals surface area contributed by atoms with Gasteiger partial charge in [-0.3, -0.25) is 14.8 Å². The van der Waals surface area contributed by atoms with Gasteiger partial charge in [-0.25, -0.2) is 4.98 Å². The first-order valence-electron chi connectivity index (χ1n) is 18.2. The van der Waals surface area contributed by atoms with Gasteiger partial charge in [0.25, 0.3) is 0 Å². The summed E-state index contributed by atoms with van der Waals surface area (Å²) in [5, 5.41) is 13.5. The first kappa shape index (κ1) is 41.7. The number of furan rings is 1. The Morgan fingerprint density at radius 2 is 1.45 bits per heavy atom. The normalized spacial score (nSPS) is 12.5. The van der Waals surface area contributed by atoms with Crippen molar-refractivity contribution in [2.75, 3.05) is 0 Å². The molecule has 3 aromatic heterocycles. The van der Waals surface area contributed by atoms with Crippen molar-refractivity contribution in [2.45, 2.75) is 114 Å². The topological polar surface area (TPSA) is 89.1 Å².